The Kier molecular flexibility index (Phi) is 3.86. The summed E-state index contributed by atoms with van der Waals surface area (Å²) in [5.41, 5.74) is 1.03. The number of rotatable bonds is 2. The normalized spacial score (nSPS) is 28.4. The molecule has 0 aromatic rings. The fraction of sp³-hybridized carbons (Fsp3) is 0.750. The summed E-state index contributed by atoms with van der Waals surface area (Å²) in [6.45, 7) is 4.84. The number of hydrogen-bond donors (Lipinski definition) is 0. The molecule has 0 aliphatic carbocycles. The van der Waals surface area contributed by atoms with Crippen molar-refractivity contribution in [3.8, 4) is 0 Å². The Morgan fingerprint density at radius 3 is 2.79 bits per heavy atom. The summed E-state index contributed by atoms with van der Waals surface area (Å²) in [4.78, 5) is 4.63. The highest BCUT2D eigenvalue weighted by Gasteiger charge is 2.28. The molecule has 0 spiro atoms. The Bertz CT molecular complexity index is 453. The summed E-state index contributed by atoms with van der Waals surface area (Å²) in [5.74, 6) is 1.83. The van der Waals surface area contributed by atoms with Crippen molar-refractivity contribution in [1.82, 2.24) is 9.80 Å². The molecule has 0 bridgehead atoms. The number of fused-ring (bicyclic) bond motifs is 1. The number of likely N-dealkylation sites (N-methyl/N-ethyl adjacent to an activating group) is 1. The predicted molar refractivity (Wildman–Crippen MR) is 75.5 cm³/mol. The van der Waals surface area contributed by atoms with Gasteiger partial charge in [0.1, 0.15) is 0 Å². The Balaban J connectivity index is 1.90. The molecule has 0 N–H and O–H groups in total. The Morgan fingerprint density at radius 1 is 1.26 bits per heavy atom. The van der Waals surface area contributed by atoms with E-state index in [2.05, 4.69) is 25.6 Å². The van der Waals surface area contributed by atoms with E-state index in [0.29, 0.717) is 0 Å². The summed E-state index contributed by atoms with van der Waals surface area (Å²) in [5, 5.41) is 0. The van der Waals surface area contributed by atoms with Gasteiger partial charge in [-0.15, -0.1) is 0 Å². The van der Waals surface area contributed by atoms with E-state index in [1.807, 2.05) is 0 Å². The van der Waals surface area contributed by atoms with Crippen LogP contribution in [-0.2, 0) is 20.1 Å². The van der Waals surface area contributed by atoms with Gasteiger partial charge >= 0.3 is 0 Å². The molecular formula is C12H20N4O2S. The molecule has 2 saturated heterocycles. The van der Waals surface area contributed by atoms with E-state index >= 15 is 0 Å². The van der Waals surface area contributed by atoms with E-state index in [-0.39, 0.29) is 0 Å². The maximum absolute atomic E-state index is 5.82. The van der Waals surface area contributed by atoms with Gasteiger partial charge < -0.3 is 14.5 Å². The SMILES string of the molecule is COS1=NC(N2CCN(C)CC2)=C2OCCCC2=N1. The maximum Gasteiger partial charge on any atom is 0.184 e. The molecule has 19 heavy (non-hydrogen) atoms. The van der Waals surface area contributed by atoms with E-state index in [9.17, 15) is 0 Å². The molecule has 6 nitrogen and oxygen atoms in total. The van der Waals surface area contributed by atoms with Crippen molar-refractivity contribution in [3.05, 3.63) is 11.6 Å². The minimum Gasteiger partial charge on any atom is -0.488 e. The van der Waals surface area contributed by atoms with Crippen molar-refractivity contribution < 1.29 is 8.92 Å². The first-order valence-electron chi connectivity index (χ1n) is 6.67. The number of piperazine rings is 1. The van der Waals surface area contributed by atoms with E-state index in [1.54, 1.807) is 7.11 Å². The third kappa shape index (κ3) is 2.68. The summed E-state index contributed by atoms with van der Waals surface area (Å²) in [6.07, 6.45) is 1.99. The molecule has 0 aromatic heterocycles. The van der Waals surface area contributed by atoms with Crippen molar-refractivity contribution in [2.24, 2.45) is 8.76 Å². The fourth-order valence-corrected chi connectivity index (χ4v) is 3.31. The highest BCUT2D eigenvalue weighted by atomic mass is 32.2. The summed E-state index contributed by atoms with van der Waals surface area (Å²) in [6, 6.07) is 0. The minimum absolute atomic E-state index is 0.691. The molecule has 0 aromatic carbocycles. The maximum atomic E-state index is 5.82. The molecule has 7 heteroatoms. The molecule has 0 amide bonds. The van der Waals surface area contributed by atoms with Crippen LogP contribution in [0.15, 0.2) is 20.3 Å². The van der Waals surface area contributed by atoms with Crippen molar-refractivity contribution in [3.63, 3.8) is 0 Å². The van der Waals surface area contributed by atoms with Crippen molar-refractivity contribution in [1.29, 1.82) is 0 Å². The molecular weight excluding hydrogens is 264 g/mol. The Hall–Kier alpha value is -0.920. The van der Waals surface area contributed by atoms with Gasteiger partial charge in [-0.05, 0) is 19.9 Å². The van der Waals surface area contributed by atoms with E-state index in [1.165, 1.54) is 0 Å². The van der Waals surface area contributed by atoms with Crippen LogP contribution in [-0.4, -0.2) is 62.5 Å². The lowest BCUT2D eigenvalue weighted by Crippen LogP contribution is -2.44. The van der Waals surface area contributed by atoms with Gasteiger partial charge in [-0.25, -0.2) is 0 Å². The van der Waals surface area contributed by atoms with Crippen LogP contribution < -0.4 is 0 Å². The molecule has 3 aliphatic heterocycles. The first kappa shape index (κ1) is 13.1. The van der Waals surface area contributed by atoms with Gasteiger partial charge in [0.15, 0.2) is 22.7 Å². The zero-order valence-electron chi connectivity index (χ0n) is 11.5. The monoisotopic (exact) mass is 284 g/mol. The van der Waals surface area contributed by atoms with Gasteiger partial charge in [0.2, 0.25) is 0 Å². The number of allylic oxidation sites excluding steroid dienone is 1. The topological polar surface area (TPSA) is 49.7 Å². The zero-order valence-corrected chi connectivity index (χ0v) is 12.3. The van der Waals surface area contributed by atoms with Gasteiger partial charge in [0.25, 0.3) is 0 Å². The van der Waals surface area contributed by atoms with Crippen LogP contribution in [0.1, 0.15) is 12.8 Å². The third-order valence-electron chi connectivity index (χ3n) is 3.57. The fourth-order valence-electron chi connectivity index (χ4n) is 2.42. The van der Waals surface area contributed by atoms with Crippen LogP contribution in [0.25, 0.3) is 0 Å². The van der Waals surface area contributed by atoms with Gasteiger partial charge in [-0.3, -0.25) is 4.18 Å². The van der Waals surface area contributed by atoms with Crippen LogP contribution in [0.3, 0.4) is 0 Å². The largest absolute Gasteiger partial charge is 0.488 e. The van der Waals surface area contributed by atoms with Crippen LogP contribution >= 0.6 is 0 Å². The quantitative estimate of drug-likeness (QED) is 0.757. The molecule has 106 valence electrons. The van der Waals surface area contributed by atoms with Gasteiger partial charge in [-0.2, -0.15) is 8.76 Å². The highest BCUT2D eigenvalue weighted by molar-refractivity contribution is 7.81. The second-order valence-corrected chi connectivity index (χ2v) is 6.08. The lowest BCUT2D eigenvalue weighted by atomic mass is 10.1. The second kappa shape index (κ2) is 5.60. The molecule has 2 fully saturated rings. The third-order valence-corrected chi connectivity index (χ3v) is 4.58. The zero-order chi connectivity index (χ0) is 13.2. The first-order chi connectivity index (χ1) is 9.28. The highest BCUT2D eigenvalue weighted by Crippen LogP contribution is 2.27. The van der Waals surface area contributed by atoms with Gasteiger partial charge in [-0.1, -0.05) is 0 Å². The lowest BCUT2D eigenvalue weighted by Gasteiger charge is -2.36. The number of ether oxygens (including phenoxy) is 1. The summed E-state index contributed by atoms with van der Waals surface area (Å²) >= 11 is -0.691. The number of nitrogens with zero attached hydrogens (tertiary/aromatic N) is 4. The molecule has 0 saturated carbocycles. The molecule has 3 aliphatic rings. The van der Waals surface area contributed by atoms with E-state index in [4.69, 9.17) is 8.92 Å². The first-order valence-corrected chi connectivity index (χ1v) is 7.73. The summed E-state index contributed by atoms with van der Waals surface area (Å²) in [7, 11) is 3.81. The smallest absolute Gasteiger partial charge is 0.184 e. The van der Waals surface area contributed by atoms with E-state index in [0.717, 1.165) is 62.9 Å². The van der Waals surface area contributed by atoms with Crippen LogP contribution in [0.2, 0.25) is 0 Å². The van der Waals surface area contributed by atoms with Crippen molar-refractivity contribution >= 4 is 16.9 Å². The molecule has 0 radical (unpaired) electrons. The summed E-state index contributed by atoms with van der Waals surface area (Å²) < 4.78 is 20.3. The van der Waals surface area contributed by atoms with Gasteiger partial charge in [0.05, 0.1) is 19.4 Å². The Morgan fingerprint density at radius 2 is 2.05 bits per heavy atom. The lowest BCUT2D eigenvalue weighted by molar-refractivity contribution is 0.161. The van der Waals surface area contributed by atoms with Crippen LogP contribution in [0.4, 0.5) is 0 Å². The predicted octanol–water partition coefficient (Wildman–Crippen LogP) is 0.946. The molecule has 1 atom stereocenters. The average molecular weight is 284 g/mol. The molecule has 3 rings (SSSR count). The van der Waals surface area contributed by atoms with Crippen molar-refractivity contribution in [2.45, 2.75) is 12.8 Å². The van der Waals surface area contributed by atoms with Crippen molar-refractivity contribution in [2.75, 3.05) is 46.9 Å². The van der Waals surface area contributed by atoms with Crippen LogP contribution in [0, 0.1) is 0 Å². The van der Waals surface area contributed by atoms with E-state index < -0.39 is 11.2 Å². The molecule has 3 heterocycles. The Labute approximate surface area is 116 Å². The number of hydrogen-bond acceptors (Lipinski definition) is 6. The van der Waals surface area contributed by atoms with Gasteiger partial charge in [0, 0.05) is 26.2 Å². The average Bonchev–Trinajstić information content (AvgIpc) is 2.47. The minimum atomic E-state index is -0.691. The van der Waals surface area contributed by atoms with Crippen LogP contribution in [0.5, 0.6) is 0 Å². The molecule has 1 unspecified atom stereocenters. The second-order valence-electron chi connectivity index (χ2n) is 4.92. The standard InChI is InChI=1S/C12H20N4O2S/c1-15-5-7-16(8-6-15)12-11-10(4-3-9-18-11)13-19(14-12)17-2/h3-9H2,1-2H3.